The van der Waals surface area contributed by atoms with Crippen LogP contribution in [-0.4, -0.2) is 42.5 Å². The lowest BCUT2D eigenvalue weighted by Gasteiger charge is -2.32. The number of halogens is 1. The van der Waals surface area contributed by atoms with Crippen LogP contribution < -0.4 is 5.32 Å². The van der Waals surface area contributed by atoms with Gasteiger partial charge in [0.25, 0.3) is 0 Å². The minimum absolute atomic E-state index is 0.0953. The van der Waals surface area contributed by atoms with E-state index in [0.29, 0.717) is 12.0 Å². The van der Waals surface area contributed by atoms with Crippen LogP contribution in [0.25, 0.3) is 0 Å². The molecule has 0 bridgehead atoms. The molecule has 3 atom stereocenters. The highest BCUT2D eigenvalue weighted by molar-refractivity contribution is 9.10. The molecule has 1 aliphatic heterocycles. The van der Waals surface area contributed by atoms with E-state index in [1.54, 1.807) is 0 Å². The highest BCUT2D eigenvalue weighted by atomic mass is 79.9. The molecule has 1 saturated heterocycles. The van der Waals surface area contributed by atoms with Crippen molar-refractivity contribution in [3.8, 4) is 0 Å². The SMILES string of the molecule is COC(=O)C1CC2CCCCC2N1CC(=O)Nc1ccccc1Br. The maximum Gasteiger partial charge on any atom is 0.323 e. The molecule has 130 valence electrons. The molecule has 24 heavy (non-hydrogen) atoms. The van der Waals surface area contributed by atoms with Crippen LogP contribution in [0.4, 0.5) is 5.69 Å². The van der Waals surface area contributed by atoms with Crippen molar-refractivity contribution < 1.29 is 14.3 Å². The first kappa shape index (κ1) is 17.4. The van der Waals surface area contributed by atoms with Gasteiger partial charge in [-0.3, -0.25) is 14.5 Å². The largest absolute Gasteiger partial charge is 0.468 e. The highest BCUT2D eigenvalue weighted by Gasteiger charge is 2.46. The van der Waals surface area contributed by atoms with Crippen molar-refractivity contribution in [2.75, 3.05) is 19.0 Å². The fourth-order valence-electron chi connectivity index (χ4n) is 4.07. The zero-order valence-electron chi connectivity index (χ0n) is 13.8. The first-order valence-corrected chi connectivity index (χ1v) is 9.27. The van der Waals surface area contributed by atoms with Crippen molar-refractivity contribution in [3.05, 3.63) is 28.7 Å². The number of methoxy groups -OCH3 is 1. The van der Waals surface area contributed by atoms with Crippen LogP contribution in [0, 0.1) is 5.92 Å². The van der Waals surface area contributed by atoms with Gasteiger partial charge in [0.15, 0.2) is 0 Å². The number of hydrogen-bond acceptors (Lipinski definition) is 4. The number of fused-ring (bicyclic) bond motifs is 1. The van der Waals surface area contributed by atoms with E-state index in [4.69, 9.17) is 4.74 Å². The van der Waals surface area contributed by atoms with Gasteiger partial charge in [-0.25, -0.2) is 0 Å². The summed E-state index contributed by atoms with van der Waals surface area (Å²) in [5, 5.41) is 2.93. The second-order valence-electron chi connectivity index (χ2n) is 6.59. The zero-order chi connectivity index (χ0) is 17.1. The second kappa shape index (κ2) is 7.66. The molecule has 2 fully saturated rings. The molecule has 1 amide bonds. The Morgan fingerprint density at radius 1 is 1.29 bits per heavy atom. The van der Waals surface area contributed by atoms with E-state index >= 15 is 0 Å². The Morgan fingerprint density at radius 3 is 2.79 bits per heavy atom. The van der Waals surface area contributed by atoms with Gasteiger partial charge >= 0.3 is 5.97 Å². The average Bonchev–Trinajstić information content (AvgIpc) is 2.95. The van der Waals surface area contributed by atoms with Gasteiger partial charge in [-0.1, -0.05) is 25.0 Å². The summed E-state index contributed by atoms with van der Waals surface area (Å²) in [6.45, 7) is 0.224. The first-order chi connectivity index (χ1) is 11.6. The second-order valence-corrected chi connectivity index (χ2v) is 7.44. The Balaban J connectivity index is 1.71. The monoisotopic (exact) mass is 394 g/mol. The summed E-state index contributed by atoms with van der Waals surface area (Å²) in [6.07, 6.45) is 5.38. The van der Waals surface area contributed by atoms with Gasteiger partial charge in [-0.15, -0.1) is 0 Å². The topological polar surface area (TPSA) is 58.6 Å². The number of esters is 1. The number of para-hydroxylation sites is 1. The number of likely N-dealkylation sites (tertiary alicyclic amines) is 1. The molecule has 1 N–H and O–H groups in total. The van der Waals surface area contributed by atoms with Crippen LogP contribution in [0.3, 0.4) is 0 Å². The summed E-state index contributed by atoms with van der Waals surface area (Å²) in [5.41, 5.74) is 0.747. The molecule has 3 unspecified atom stereocenters. The lowest BCUT2D eigenvalue weighted by atomic mass is 9.85. The van der Waals surface area contributed by atoms with Crippen LogP contribution in [0.2, 0.25) is 0 Å². The fraction of sp³-hybridized carbons (Fsp3) is 0.556. The maximum atomic E-state index is 12.5. The number of rotatable bonds is 4. The van der Waals surface area contributed by atoms with Gasteiger partial charge in [0, 0.05) is 10.5 Å². The summed E-state index contributed by atoms with van der Waals surface area (Å²) >= 11 is 3.44. The van der Waals surface area contributed by atoms with E-state index in [9.17, 15) is 9.59 Å². The summed E-state index contributed by atoms with van der Waals surface area (Å²) in [6, 6.07) is 7.54. The Morgan fingerprint density at radius 2 is 2.04 bits per heavy atom. The summed E-state index contributed by atoms with van der Waals surface area (Å²) < 4.78 is 5.82. The van der Waals surface area contributed by atoms with Crippen molar-refractivity contribution in [1.29, 1.82) is 0 Å². The van der Waals surface area contributed by atoms with Crippen molar-refractivity contribution in [1.82, 2.24) is 4.90 Å². The van der Waals surface area contributed by atoms with Crippen LogP contribution in [0.1, 0.15) is 32.1 Å². The van der Waals surface area contributed by atoms with Gasteiger partial charge in [-0.05, 0) is 53.2 Å². The molecule has 3 rings (SSSR count). The van der Waals surface area contributed by atoms with Crippen LogP contribution in [0.15, 0.2) is 28.7 Å². The summed E-state index contributed by atoms with van der Waals surface area (Å²) in [5.74, 6) is 0.180. The number of carbonyl (C=O) groups is 2. The lowest BCUT2D eigenvalue weighted by molar-refractivity contribution is -0.146. The van der Waals surface area contributed by atoms with Crippen molar-refractivity contribution >= 4 is 33.5 Å². The van der Waals surface area contributed by atoms with Gasteiger partial charge < -0.3 is 10.1 Å². The van der Waals surface area contributed by atoms with E-state index < -0.39 is 0 Å². The molecule has 1 aliphatic carbocycles. The molecular weight excluding hydrogens is 372 g/mol. The number of nitrogens with one attached hydrogen (secondary N) is 1. The third-order valence-electron chi connectivity index (χ3n) is 5.17. The van der Waals surface area contributed by atoms with E-state index in [1.165, 1.54) is 13.5 Å². The van der Waals surface area contributed by atoms with Gasteiger partial charge in [0.05, 0.1) is 19.3 Å². The quantitative estimate of drug-likeness (QED) is 0.796. The molecular formula is C18H23BrN2O3. The van der Waals surface area contributed by atoms with Crippen LogP contribution in [-0.2, 0) is 14.3 Å². The number of amides is 1. The molecule has 0 aromatic heterocycles. The van der Waals surface area contributed by atoms with Crippen molar-refractivity contribution in [2.45, 2.75) is 44.2 Å². The average molecular weight is 395 g/mol. The van der Waals surface area contributed by atoms with Gasteiger partial charge in [0.1, 0.15) is 6.04 Å². The number of hydrogen-bond donors (Lipinski definition) is 1. The molecule has 5 nitrogen and oxygen atoms in total. The Bertz CT molecular complexity index is 622. The fourth-order valence-corrected chi connectivity index (χ4v) is 4.45. The molecule has 2 aliphatic rings. The van der Waals surface area contributed by atoms with Crippen LogP contribution in [0.5, 0.6) is 0 Å². The summed E-state index contributed by atoms with van der Waals surface area (Å²) in [4.78, 5) is 26.7. The van der Waals surface area contributed by atoms with E-state index in [0.717, 1.165) is 35.8 Å². The van der Waals surface area contributed by atoms with Gasteiger partial charge in [-0.2, -0.15) is 0 Å². The Labute approximate surface area is 150 Å². The predicted molar refractivity (Wildman–Crippen MR) is 95.6 cm³/mol. The minimum Gasteiger partial charge on any atom is -0.468 e. The number of nitrogens with zero attached hydrogens (tertiary/aromatic N) is 1. The van der Waals surface area contributed by atoms with Crippen molar-refractivity contribution in [3.63, 3.8) is 0 Å². The summed E-state index contributed by atoms with van der Waals surface area (Å²) in [7, 11) is 1.42. The molecule has 0 spiro atoms. The highest BCUT2D eigenvalue weighted by Crippen LogP contribution is 2.39. The maximum absolute atomic E-state index is 12.5. The van der Waals surface area contributed by atoms with E-state index in [2.05, 4.69) is 26.1 Å². The van der Waals surface area contributed by atoms with E-state index in [-0.39, 0.29) is 24.5 Å². The predicted octanol–water partition coefficient (Wildman–Crippen LogP) is 3.19. The molecule has 1 aromatic carbocycles. The van der Waals surface area contributed by atoms with Crippen LogP contribution >= 0.6 is 15.9 Å². The molecule has 1 aromatic rings. The zero-order valence-corrected chi connectivity index (χ0v) is 15.4. The first-order valence-electron chi connectivity index (χ1n) is 8.48. The molecule has 0 radical (unpaired) electrons. The number of carbonyl (C=O) groups excluding carboxylic acids is 2. The number of benzene rings is 1. The lowest BCUT2D eigenvalue weighted by Crippen LogP contribution is -2.46. The normalized spacial score (nSPS) is 26.7. The number of ether oxygens (including phenoxy) is 1. The Hall–Kier alpha value is -1.40. The third-order valence-corrected chi connectivity index (χ3v) is 5.86. The van der Waals surface area contributed by atoms with Gasteiger partial charge in [0.2, 0.25) is 5.91 Å². The van der Waals surface area contributed by atoms with Crippen molar-refractivity contribution in [2.24, 2.45) is 5.92 Å². The minimum atomic E-state index is -0.298. The number of anilines is 1. The molecule has 1 saturated carbocycles. The molecule has 6 heteroatoms. The van der Waals surface area contributed by atoms with E-state index in [1.807, 2.05) is 24.3 Å². The molecule has 1 heterocycles. The standard InChI is InChI=1S/C18H23BrN2O3/c1-24-18(23)16-10-12-6-2-5-9-15(12)21(16)11-17(22)20-14-8-4-3-7-13(14)19/h3-4,7-8,12,15-16H,2,5-6,9-11H2,1H3,(H,20,22). The third kappa shape index (κ3) is 3.64. The Kier molecular flexibility index (Phi) is 5.56. The smallest absolute Gasteiger partial charge is 0.323 e.